The summed E-state index contributed by atoms with van der Waals surface area (Å²) in [6, 6.07) is 8.02. The van der Waals surface area contributed by atoms with E-state index >= 15 is 0 Å². The number of allylic oxidation sites excluding steroid dienone is 1. The van der Waals surface area contributed by atoms with Gasteiger partial charge in [-0.3, -0.25) is 9.79 Å². The number of aliphatic imine (C=N–C) groups is 1. The molecule has 0 bridgehead atoms. The van der Waals surface area contributed by atoms with Gasteiger partial charge in [0.15, 0.2) is 0 Å². The van der Waals surface area contributed by atoms with E-state index in [0.29, 0.717) is 17.7 Å². The lowest BCUT2D eigenvalue weighted by Crippen LogP contribution is -2.39. The van der Waals surface area contributed by atoms with Crippen molar-refractivity contribution in [3.05, 3.63) is 44.7 Å². The number of hydrogen-bond acceptors (Lipinski definition) is 4. The maximum Gasteiger partial charge on any atom is 0.336 e. The molecule has 0 amide bonds. The zero-order valence-electron chi connectivity index (χ0n) is 14.7. The van der Waals surface area contributed by atoms with Crippen LogP contribution in [0.15, 0.2) is 40.5 Å². The smallest absolute Gasteiger partial charge is 0.336 e. The molecule has 0 aromatic heterocycles. The van der Waals surface area contributed by atoms with E-state index in [0.717, 1.165) is 27.7 Å². The number of carbonyl (C=O) groups is 2. The number of halogens is 1. The molecule has 1 fully saturated rings. The summed E-state index contributed by atoms with van der Waals surface area (Å²) < 4.78 is 6.56. The van der Waals surface area contributed by atoms with E-state index in [2.05, 4.69) is 27.6 Å². The summed E-state index contributed by atoms with van der Waals surface area (Å²) in [5, 5.41) is 0. The van der Waals surface area contributed by atoms with Crippen molar-refractivity contribution in [3.8, 4) is 0 Å². The molecule has 1 aromatic carbocycles. The van der Waals surface area contributed by atoms with Crippen molar-refractivity contribution >= 4 is 40.1 Å². The number of ether oxygens (including phenoxy) is 1. The highest BCUT2D eigenvalue weighted by atomic mass is 127. The molecule has 1 heterocycles. The standard InChI is InChI=1S/C20H22INO3/c1-11(2)25-20(24)17-12(3)22-15-8-5-9-16(23)19(15)18(17)13-6-4-7-14(21)10-13/h4,6-7,10-11,18-19H,5,8-9H2,1-3H3. The van der Waals surface area contributed by atoms with E-state index in [1.54, 1.807) is 0 Å². The Labute approximate surface area is 161 Å². The SMILES string of the molecule is CC1=C(C(=O)OC(C)C)C(c2cccc(I)c2)C2C(=O)CCCC2=N1. The summed E-state index contributed by atoms with van der Waals surface area (Å²) in [5.41, 5.74) is 3.10. The molecule has 2 aliphatic rings. The fourth-order valence-corrected chi connectivity index (χ4v) is 4.29. The summed E-state index contributed by atoms with van der Waals surface area (Å²) in [6.07, 6.45) is 2.00. The first kappa shape index (κ1) is 18.3. The average molecular weight is 451 g/mol. The zero-order valence-corrected chi connectivity index (χ0v) is 16.9. The third-order valence-electron chi connectivity index (χ3n) is 4.68. The Hall–Kier alpha value is -1.50. The van der Waals surface area contributed by atoms with Crippen LogP contribution in [0.1, 0.15) is 51.5 Å². The molecule has 3 rings (SSSR count). The second-order valence-corrected chi connectivity index (χ2v) is 8.13. The fourth-order valence-electron chi connectivity index (χ4n) is 3.72. The Morgan fingerprint density at radius 3 is 2.72 bits per heavy atom. The number of ketones is 1. The minimum atomic E-state index is -0.363. The van der Waals surface area contributed by atoms with Gasteiger partial charge in [-0.05, 0) is 73.9 Å². The van der Waals surface area contributed by atoms with Gasteiger partial charge in [-0.25, -0.2) is 4.79 Å². The first-order valence-electron chi connectivity index (χ1n) is 8.66. The second-order valence-electron chi connectivity index (χ2n) is 6.89. The van der Waals surface area contributed by atoms with E-state index in [-0.39, 0.29) is 29.7 Å². The highest BCUT2D eigenvalue weighted by Gasteiger charge is 2.43. The van der Waals surface area contributed by atoms with Crippen molar-refractivity contribution in [2.24, 2.45) is 10.9 Å². The summed E-state index contributed by atoms with van der Waals surface area (Å²) >= 11 is 2.26. The lowest BCUT2D eigenvalue weighted by molar-refractivity contribution is -0.143. The van der Waals surface area contributed by atoms with E-state index in [1.807, 2.05) is 45.0 Å². The Kier molecular flexibility index (Phi) is 5.41. The van der Waals surface area contributed by atoms with Crippen molar-refractivity contribution in [1.82, 2.24) is 0 Å². The molecule has 132 valence electrons. The third-order valence-corrected chi connectivity index (χ3v) is 5.35. The number of benzene rings is 1. The van der Waals surface area contributed by atoms with Gasteiger partial charge in [-0.1, -0.05) is 12.1 Å². The Bertz CT molecular complexity index is 779. The van der Waals surface area contributed by atoms with E-state index < -0.39 is 0 Å². The monoisotopic (exact) mass is 451 g/mol. The van der Waals surface area contributed by atoms with Crippen LogP contribution < -0.4 is 0 Å². The minimum absolute atomic E-state index is 0.177. The van der Waals surface area contributed by atoms with Crippen LogP contribution in [0.2, 0.25) is 0 Å². The molecule has 0 radical (unpaired) electrons. The van der Waals surface area contributed by atoms with Crippen molar-refractivity contribution < 1.29 is 14.3 Å². The Balaban J connectivity index is 2.14. The van der Waals surface area contributed by atoms with Gasteiger partial charge in [-0.2, -0.15) is 0 Å². The molecule has 1 saturated carbocycles. The van der Waals surface area contributed by atoms with Crippen LogP contribution in [-0.4, -0.2) is 23.6 Å². The van der Waals surface area contributed by atoms with Crippen LogP contribution in [-0.2, 0) is 14.3 Å². The molecule has 1 aliphatic heterocycles. The summed E-state index contributed by atoms with van der Waals surface area (Å²) in [6.45, 7) is 5.51. The van der Waals surface area contributed by atoms with Crippen molar-refractivity contribution in [1.29, 1.82) is 0 Å². The molecule has 1 aliphatic carbocycles. The van der Waals surface area contributed by atoms with Crippen molar-refractivity contribution in [2.75, 3.05) is 0 Å². The molecule has 0 saturated heterocycles. The number of carbonyl (C=O) groups excluding carboxylic acids is 2. The molecule has 2 atom stereocenters. The molecule has 5 heteroatoms. The number of nitrogens with zero attached hydrogens (tertiary/aromatic N) is 1. The van der Waals surface area contributed by atoms with Gasteiger partial charge < -0.3 is 4.74 Å². The van der Waals surface area contributed by atoms with Gasteiger partial charge in [0, 0.05) is 27.3 Å². The first-order chi connectivity index (χ1) is 11.9. The third kappa shape index (κ3) is 3.71. The normalized spacial score (nSPS) is 23.4. The molecule has 25 heavy (non-hydrogen) atoms. The van der Waals surface area contributed by atoms with Crippen LogP contribution in [0.3, 0.4) is 0 Å². The van der Waals surface area contributed by atoms with E-state index in [9.17, 15) is 9.59 Å². The van der Waals surface area contributed by atoms with E-state index in [1.165, 1.54) is 0 Å². The number of hydrogen-bond donors (Lipinski definition) is 0. The molecule has 1 aromatic rings. The molecule has 0 N–H and O–H groups in total. The second kappa shape index (κ2) is 7.40. The highest BCUT2D eigenvalue weighted by molar-refractivity contribution is 14.1. The highest BCUT2D eigenvalue weighted by Crippen LogP contribution is 2.43. The topological polar surface area (TPSA) is 55.7 Å². The average Bonchev–Trinajstić information content (AvgIpc) is 2.53. The number of esters is 1. The lowest BCUT2D eigenvalue weighted by Gasteiger charge is -2.35. The molecule has 2 unspecified atom stereocenters. The van der Waals surface area contributed by atoms with Gasteiger partial charge in [-0.15, -0.1) is 0 Å². The van der Waals surface area contributed by atoms with Crippen LogP contribution in [0, 0.1) is 9.49 Å². The van der Waals surface area contributed by atoms with Gasteiger partial charge in [0.2, 0.25) is 0 Å². The van der Waals surface area contributed by atoms with Gasteiger partial charge in [0.1, 0.15) is 5.78 Å². The molecule has 0 spiro atoms. The number of fused-ring (bicyclic) bond motifs is 1. The van der Waals surface area contributed by atoms with Crippen LogP contribution >= 0.6 is 22.6 Å². The molecule has 4 nitrogen and oxygen atoms in total. The number of Topliss-reactive ketones (excluding diaryl/α,β-unsaturated/α-hetero) is 1. The summed E-state index contributed by atoms with van der Waals surface area (Å²) in [7, 11) is 0. The van der Waals surface area contributed by atoms with Gasteiger partial charge >= 0.3 is 5.97 Å². The van der Waals surface area contributed by atoms with E-state index in [4.69, 9.17) is 4.74 Å². The first-order valence-corrected chi connectivity index (χ1v) is 9.73. The quantitative estimate of drug-likeness (QED) is 0.505. The number of rotatable bonds is 3. The van der Waals surface area contributed by atoms with Crippen molar-refractivity contribution in [2.45, 2.75) is 52.1 Å². The van der Waals surface area contributed by atoms with Gasteiger partial charge in [0.05, 0.1) is 17.6 Å². The summed E-state index contributed by atoms with van der Waals surface area (Å²) in [5.74, 6) is -0.833. The predicted octanol–water partition coefficient (Wildman–Crippen LogP) is 4.42. The fraction of sp³-hybridized carbons (Fsp3) is 0.450. The van der Waals surface area contributed by atoms with Crippen LogP contribution in [0.25, 0.3) is 0 Å². The minimum Gasteiger partial charge on any atom is -0.460 e. The Morgan fingerprint density at radius 2 is 2.04 bits per heavy atom. The van der Waals surface area contributed by atoms with Crippen LogP contribution in [0.5, 0.6) is 0 Å². The van der Waals surface area contributed by atoms with Crippen molar-refractivity contribution in [3.63, 3.8) is 0 Å². The zero-order chi connectivity index (χ0) is 18.1. The lowest BCUT2D eigenvalue weighted by atomic mass is 9.69. The maximum absolute atomic E-state index is 12.8. The maximum atomic E-state index is 12.8. The predicted molar refractivity (Wildman–Crippen MR) is 106 cm³/mol. The van der Waals surface area contributed by atoms with Crippen LogP contribution in [0.4, 0.5) is 0 Å². The van der Waals surface area contributed by atoms with Gasteiger partial charge in [0.25, 0.3) is 0 Å². The molecular formula is C20H22INO3. The molecular weight excluding hydrogens is 429 g/mol. The Morgan fingerprint density at radius 1 is 1.28 bits per heavy atom. The summed E-state index contributed by atoms with van der Waals surface area (Å²) in [4.78, 5) is 30.2. The largest absolute Gasteiger partial charge is 0.460 e.